The van der Waals surface area contributed by atoms with E-state index in [0.29, 0.717) is 12.1 Å². The Morgan fingerprint density at radius 1 is 0.897 bits per heavy atom. The lowest BCUT2D eigenvalue weighted by Gasteiger charge is -2.26. The fourth-order valence-corrected chi connectivity index (χ4v) is 3.92. The summed E-state index contributed by atoms with van der Waals surface area (Å²) in [5.74, 6) is -0.247. The average molecular weight is 384 g/mol. The highest BCUT2D eigenvalue weighted by Gasteiger charge is 2.41. The molecule has 4 nitrogen and oxygen atoms in total. The van der Waals surface area contributed by atoms with Gasteiger partial charge in [-0.2, -0.15) is 0 Å². The van der Waals surface area contributed by atoms with Crippen LogP contribution in [0.4, 0.5) is 0 Å². The normalized spacial score (nSPS) is 15.5. The zero-order valence-corrected chi connectivity index (χ0v) is 16.6. The van der Waals surface area contributed by atoms with Gasteiger partial charge in [-0.1, -0.05) is 72.8 Å². The van der Waals surface area contributed by atoms with E-state index in [1.165, 1.54) is 0 Å². The van der Waals surface area contributed by atoms with Gasteiger partial charge < -0.3 is 10.2 Å². The number of nitrogens with zero attached hydrogens (tertiary/aromatic N) is 1. The minimum atomic E-state index is -0.620. The van der Waals surface area contributed by atoms with E-state index in [-0.39, 0.29) is 17.9 Å². The third-order valence-corrected chi connectivity index (χ3v) is 5.18. The molecule has 4 heteroatoms. The van der Waals surface area contributed by atoms with Crippen LogP contribution in [0.5, 0.6) is 0 Å². The van der Waals surface area contributed by atoms with Crippen molar-refractivity contribution in [2.45, 2.75) is 32.5 Å². The molecule has 0 aromatic heterocycles. The van der Waals surface area contributed by atoms with Crippen LogP contribution < -0.4 is 5.32 Å². The van der Waals surface area contributed by atoms with Crippen LogP contribution in [-0.2, 0) is 11.3 Å². The summed E-state index contributed by atoms with van der Waals surface area (Å²) in [6.45, 7) is 4.22. The van der Waals surface area contributed by atoms with Crippen LogP contribution in [0.1, 0.15) is 41.4 Å². The molecule has 1 N–H and O–H groups in total. The van der Waals surface area contributed by atoms with Gasteiger partial charge in [0.2, 0.25) is 5.91 Å². The second-order valence-electron chi connectivity index (χ2n) is 7.61. The summed E-state index contributed by atoms with van der Waals surface area (Å²) < 4.78 is 0. The highest BCUT2D eigenvalue weighted by atomic mass is 16.2. The molecule has 3 aromatic rings. The van der Waals surface area contributed by atoms with Crippen molar-refractivity contribution in [3.8, 4) is 11.1 Å². The molecule has 3 aromatic carbocycles. The van der Waals surface area contributed by atoms with Crippen molar-refractivity contribution in [2.75, 3.05) is 0 Å². The first-order valence-electron chi connectivity index (χ1n) is 9.90. The molecular formula is C25H24N2O2. The van der Waals surface area contributed by atoms with Gasteiger partial charge in [-0.25, -0.2) is 0 Å². The van der Waals surface area contributed by atoms with E-state index in [2.05, 4.69) is 23.5 Å². The van der Waals surface area contributed by atoms with E-state index < -0.39 is 6.04 Å². The number of fused-ring (bicyclic) bond motifs is 1. The third-order valence-electron chi connectivity index (χ3n) is 5.18. The van der Waals surface area contributed by atoms with Gasteiger partial charge in [-0.15, -0.1) is 0 Å². The molecule has 0 spiro atoms. The molecule has 1 aliphatic rings. The smallest absolute Gasteiger partial charge is 0.255 e. The van der Waals surface area contributed by atoms with Gasteiger partial charge in [0.15, 0.2) is 0 Å². The first-order chi connectivity index (χ1) is 14.1. The van der Waals surface area contributed by atoms with Crippen molar-refractivity contribution in [3.05, 3.63) is 95.6 Å². The summed E-state index contributed by atoms with van der Waals surface area (Å²) in [7, 11) is 0. The van der Waals surface area contributed by atoms with Crippen molar-refractivity contribution < 1.29 is 9.59 Å². The molecule has 0 saturated carbocycles. The maximum atomic E-state index is 13.2. The Balaban J connectivity index is 1.73. The number of carbonyl (C=O) groups excluding carboxylic acids is 2. The van der Waals surface area contributed by atoms with Crippen LogP contribution in [0, 0.1) is 0 Å². The average Bonchev–Trinajstić information content (AvgIpc) is 3.01. The third kappa shape index (κ3) is 3.66. The molecule has 0 aliphatic carbocycles. The van der Waals surface area contributed by atoms with Crippen LogP contribution >= 0.6 is 0 Å². The molecule has 1 aliphatic heterocycles. The van der Waals surface area contributed by atoms with E-state index in [0.717, 1.165) is 22.3 Å². The summed E-state index contributed by atoms with van der Waals surface area (Å²) in [5.41, 5.74) is 4.55. The zero-order valence-electron chi connectivity index (χ0n) is 16.6. The lowest BCUT2D eigenvalue weighted by Crippen LogP contribution is -2.41. The lowest BCUT2D eigenvalue weighted by atomic mass is 9.99. The number of hydrogen-bond acceptors (Lipinski definition) is 2. The number of amides is 2. The standard InChI is InChI=1S/C25H24N2O2/c1-17(2)26-24(28)23-21-14-8-9-15-22(21)25(29)27(23)16-19-12-6-7-13-20(19)18-10-4-3-5-11-18/h3-15,17,23H,16H2,1-2H3,(H,26,28). The van der Waals surface area contributed by atoms with Gasteiger partial charge in [0.25, 0.3) is 5.91 Å². The molecule has 0 fully saturated rings. The molecule has 146 valence electrons. The Morgan fingerprint density at radius 2 is 1.52 bits per heavy atom. The van der Waals surface area contributed by atoms with Crippen molar-refractivity contribution in [1.82, 2.24) is 10.2 Å². The Labute approximate surface area is 171 Å². The van der Waals surface area contributed by atoms with E-state index >= 15 is 0 Å². The molecule has 29 heavy (non-hydrogen) atoms. The van der Waals surface area contributed by atoms with Crippen molar-refractivity contribution in [2.24, 2.45) is 0 Å². The zero-order chi connectivity index (χ0) is 20.4. The van der Waals surface area contributed by atoms with Crippen molar-refractivity contribution in [3.63, 3.8) is 0 Å². The maximum Gasteiger partial charge on any atom is 0.255 e. The molecule has 2 amide bonds. The number of hydrogen-bond donors (Lipinski definition) is 1. The second kappa shape index (κ2) is 7.92. The largest absolute Gasteiger partial charge is 0.352 e. The van der Waals surface area contributed by atoms with E-state index in [9.17, 15) is 9.59 Å². The predicted octanol–water partition coefficient (Wildman–Crippen LogP) is 4.58. The first kappa shape index (κ1) is 18.9. The van der Waals surface area contributed by atoms with Crippen LogP contribution in [0.3, 0.4) is 0 Å². The van der Waals surface area contributed by atoms with Gasteiger partial charge in [0.1, 0.15) is 6.04 Å². The highest BCUT2D eigenvalue weighted by molar-refractivity contribution is 6.04. The summed E-state index contributed by atoms with van der Waals surface area (Å²) in [4.78, 5) is 27.9. The summed E-state index contributed by atoms with van der Waals surface area (Å²) in [6, 6.07) is 24.9. The fraction of sp³-hybridized carbons (Fsp3) is 0.200. The number of carbonyl (C=O) groups is 2. The van der Waals surface area contributed by atoms with Crippen LogP contribution in [-0.4, -0.2) is 22.8 Å². The molecule has 0 saturated heterocycles. The fourth-order valence-electron chi connectivity index (χ4n) is 3.92. The molecule has 0 radical (unpaired) electrons. The number of benzene rings is 3. The van der Waals surface area contributed by atoms with Crippen LogP contribution in [0.15, 0.2) is 78.9 Å². The van der Waals surface area contributed by atoms with Crippen LogP contribution in [0.2, 0.25) is 0 Å². The molecular weight excluding hydrogens is 360 g/mol. The summed E-state index contributed by atoms with van der Waals surface area (Å²) in [5, 5.41) is 2.98. The number of rotatable bonds is 5. The van der Waals surface area contributed by atoms with Gasteiger partial charge in [0, 0.05) is 18.2 Å². The minimum absolute atomic E-state index is 0.00354. The summed E-state index contributed by atoms with van der Waals surface area (Å²) >= 11 is 0. The summed E-state index contributed by atoms with van der Waals surface area (Å²) in [6.07, 6.45) is 0. The van der Waals surface area contributed by atoms with Crippen molar-refractivity contribution in [1.29, 1.82) is 0 Å². The molecule has 1 heterocycles. The molecule has 0 bridgehead atoms. The molecule has 1 unspecified atom stereocenters. The number of nitrogens with one attached hydrogen (secondary N) is 1. The maximum absolute atomic E-state index is 13.2. The van der Waals surface area contributed by atoms with E-state index in [4.69, 9.17) is 0 Å². The lowest BCUT2D eigenvalue weighted by molar-refractivity contribution is -0.126. The highest BCUT2D eigenvalue weighted by Crippen LogP contribution is 2.36. The quantitative estimate of drug-likeness (QED) is 0.700. The van der Waals surface area contributed by atoms with Gasteiger partial charge >= 0.3 is 0 Å². The monoisotopic (exact) mass is 384 g/mol. The first-order valence-corrected chi connectivity index (χ1v) is 9.90. The Kier molecular flexibility index (Phi) is 5.17. The van der Waals surface area contributed by atoms with Crippen molar-refractivity contribution >= 4 is 11.8 Å². The SMILES string of the molecule is CC(C)NC(=O)C1c2ccccc2C(=O)N1Cc1ccccc1-c1ccccc1. The van der Waals surface area contributed by atoms with Gasteiger partial charge in [0.05, 0.1) is 0 Å². The molecule has 4 rings (SSSR count). The second-order valence-corrected chi connectivity index (χ2v) is 7.61. The Morgan fingerprint density at radius 3 is 2.24 bits per heavy atom. The van der Waals surface area contributed by atoms with E-state index in [1.54, 1.807) is 11.0 Å². The van der Waals surface area contributed by atoms with Gasteiger partial charge in [-0.3, -0.25) is 9.59 Å². The Bertz CT molecular complexity index is 1040. The molecule has 1 atom stereocenters. The minimum Gasteiger partial charge on any atom is -0.352 e. The van der Waals surface area contributed by atoms with Gasteiger partial charge in [-0.05, 0) is 42.2 Å². The predicted molar refractivity (Wildman–Crippen MR) is 114 cm³/mol. The topological polar surface area (TPSA) is 49.4 Å². The van der Waals surface area contributed by atoms with Crippen LogP contribution in [0.25, 0.3) is 11.1 Å². The Hall–Kier alpha value is -3.40. The van der Waals surface area contributed by atoms with E-state index in [1.807, 2.05) is 68.4 Å².